The van der Waals surface area contributed by atoms with E-state index in [-0.39, 0.29) is 0 Å². The summed E-state index contributed by atoms with van der Waals surface area (Å²) in [5.41, 5.74) is 1.44. The second-order valence-electron chi connectivity index (χ2n) is 6.36. The van der Waals surface area contributed by atoms with Crippen LogP contribution in [0, 0.1) is 0 Å². The zero-order chi connectivity index (χ0) is 12.8. The number of hydrogen-bond donors (Lipinski definition) is 1. The summed E-state index contributed by atoms with van der Waals surface area (Å²) in [5, 5.41) is 3.90. The van der Waals surface area contributed by atoms with Crippen LogP contribution in [0.4, 0.5) is 0 Å². The maximum atomic E-state index is 3.90. The normalized spacial score (nSPS) is 24.1. The molecule has 0 aromatic rings. The van der Waals surface area contributed by atoms with E-state index in [1.54, 1.807) is 0 Å². The fourth-order valence-electron chi connectivity index (χ4n) is 3.20. The summed E-state index contributed by atoms with van der Waals surface area (Å²) in [6.07, 6.45) is 12.2. The van der Waals surface area contributed by atoms with Crippen molar-refractivity contribution < 1.29 is 0 Å². The molecule has 1 aliphatic heterocycles. The molecule has 1 aliphatic carbocycles. The van der Waals surface area contributed by atoms with Crippen LogP contribution in [-0.2, 0) is 0 Å². The first-order chi connectivity index (χ1) is 8.74. The van der Waals surface area contributed by atoms with E-state index in [0.717, 1.165) is 18.6 Å². The van der Waals surface area contributed by atoms with Gasteiger partial charge in [0.05, 0.1) is 0 Å². The average molecular weight is 250 g/mol. The Morgan fingerprint density at radius 2 is 1.61 bits per heavy atom. The zero-order valence-corrected chi connectivity index (χ0v) is 12.3. The zero-order valence-electron chi connectivity index (χ0n) is 12.3. The molecule has 1 heterocycles. The third-order valence-corrected chi connectivity index (χ3v) is 4.42. The lowest BCUT2D eigenvalue weighted by Gasteiger charge is -2.35. The summed E-state index contributed by atoms with van der Waals surface area (Å²) < 4.78 is 0. The van der Waals surface area contributed by atoms with E-state index in [1.165, 1.54) is 63.6 Å². The highest BCUT2D eigenvalue weighted by atomic mass is 15.1. The van der Waals surface area contributed by atoms with Gasteiger partial charge >= 0.3 is 0 Å². The van der Waals surface area contributed by atoms with Gasteiger partial charge in [-0.3, -0.25) is 4.90 Å². The van der Waals surface area contributed by atoms with Gasteiger partial charge in [0, 0.05) is 18.6 Å². The third-order valence-electron chi connectivity index (χ3n) is 4.42. The van der Waals surface area contributed by atoms with Crippen LogP contribution in [0.5, 0.6) is 0 Å². The predicted molar refractivity (Wildman–Crippen MR) is 78.9 cm³/mol. The van der Waals surface area contributed by atoms with E-state index in [2.05, 4.69) is 30.1 Å². The van der Waals surface area contributed by atoms with Gasteiger partial charge in [-0.1, -0.05) is 30.9 Å². The molecule has 18 heavy (non-hydrogen) atoms. The molecule has 0 spiro atoms. The molecule has 0 bridgehead atoms. The van der Waals surface area contributed by atoms with Crippen molar-refractivity contribution in [3.63, 3.8) is 0 Å². The SMILES string of the molecule is CC(C)=CCN1CCC(NC2CCCCC2)CC1. The van der Waals surface area contributed by atoms with Crippen molar-refractivity contribution in [3.05, 3.63) is 11.6 Å². The standard InChI is InChI=1S/C16H30N2/c1-14(2)8-11-18-12-9-16(10-13-18)17-15-6-4-3-5-7-15/h8,15-17H,3-7,9-13H2,1-2H3. The van der Waals surface area contributed by atoms with E-state index in [1.807, 2.05) is 0 Å². The molecule has 2 fully saturated rings. The van der Waals surface area contributed by atoms with Crippen molar-refractivity contribution in [2.24, 2.45) is 0 Å². The monoisotopic (exact) mass is 250 g/mol. The van der Waals surface area contributed by atoms with Crippen molar-refractivity contribution in [2.75, 3.05) is 19.6 Å². The molecule has 0 radical (unpaired) electrons. The van der Waals surface area contributed by atoms with Gasteiger partial charge in [-0.25, -0.2) is 0 Å². The predicted octanol–water partition coefficient (Wildman–Crippen LogP) is 3.34. The molecule has 2 aliphatic rings. The van der Waals surface area contributed by atoms with Crippen LogP contribution in [0.25, 0.3) is 0 Å². The Hall–Kier alpha value is -0.340. The summed E-state index contributed by atoms with van der Waals surface area (Å²) in [6.45, 7) is 8.08. The Morgan fingerprint density at radius 1 is 1.00 bits per heavy atom. The van der Waals surface area contributed by atoms with Crippen molar-refractivity contribution >= 4 is 0 Å². The lowest BCUT2D eigenvalue weighted by atomic mass is 9.93. The molecular formula is C16H30N2. The number of hydrogen-bond acceptors (Lipinski definition) is 2. The van der Waals surface area contributed by atoms with Gasteiger partial charge in [0.15, 0.2) is 0 Å². The smallest absolute Gasteiger partial charge is 0.0165 e. The number of nitrogens with zero attached hydrogens (tertiary/aromatic N) is 1. The molecule has 0 aromatic carbocycles. The Bertz CT molecular complexity index is 254. The highest BCUT2D eigenvalue weighted by Crippen LogP contribution is 2.20. The van der Waals surface area contributed by atoms with Crippen LogP contribution in [0.1, 0.15) is 58.8 Å². The van der Waals surface area contributed by atoms with Gasteiger partial charge in [-0.2, -0.15) is 0 Å². The summed E-state index contributed by atoms with van der Waals surface area (Å²) in [4.78, 5) is 2.59. The minimum atomic E-state index is 0.788. The number of nitrogens with one attached hydrogen (secondary N) is 1. The quantitative estimate of drug-likeness (QED) is 0.770. The highest BCUT2D eigenvalue weighted by molar-refractivity contribution is 4.95. The van der Waals surface area contributed by atoms with E-state index in [4.69, 9.17) is 0 Å². The Labute approximate surface area is 113 Å². The van der Waals surface area contributed by atoms with E-state index >= 15 is 0 Å². The number of allylic oxidation sites excluding steroid dienone is 1. The fraction of sp³-hybridized carbons (Fsp3) is 0.875. The van der Waals surface area contributed by atoms with Crippen molar-refractivity contribution in [2.45, 2.75) is 70.9 Å². The lowest BCUT2D eigenvalue weighted by Crippen LogP contribution is -2.46. The largest absolute Gasteiger partial charge is 0.311 e. The summed E-state index contributed by atoms with van der Waals surface area (Å²) in [5.74, 6) is 0. The molecule has 2 rings (SSSR count). The summed E-state index contributed by atoms with van der Waals surface area (Å²) in [7, 11) is 0. The molecule has 0 unspecified atom stereocenters. The minimum absolute atomic E-state index is 0.788. The van der Waals surface area contributed by atoms with Crippen LogP contribution in [0.2, 0.25) is 0 Å². The molecule has 104 valence electrons. The molecule has 1 saturated heterocycles. The molecular weight excluding hydrogens is 220 g/mol. The first-order valence-corrected chi connectivity index (χ1v) is 7.86. The molecule has 2 nitrogen and oxygen atoms in total. The first-order valence-electron chi connectivity index (χ1n) is 7.86. The van der Waals surface area contributed by atoms with Crippen molar-refractivity contribution in [1.29, 1.82) is 0 Å². The molecule has 2 heteroatoms. The third kappa shape index (κ3) is 4.74. The molecule has 0 atom stereocenters. The fourth-order valence-corrected chi connectivity index (χ4v) is 3.20. The Kier molecular flexibility index (Phi) is 5.71. The van der Waals surface area contributed by atoms with Crippen LogP contribution in [0.3, 0.4) is 0 Å². The second-order valence-corrected chi connectivity index (χ2v) is 6.36. The molecule has 0 aromatic heterocycles. The number of piperidine rings is 1. The van der Waals surface area contributed by atoms with Gasteiger partial charge in [0.1, 0.15) is 0 Å². The van der Waals surface area contributed by atoms with E-state index < -0.39 is 0 Å². The maximum absolute atomic E-state index is 3.90. The molecule has 0 amide bonds. The lowest BCUT2D eigenvalue weighted by molar-refractivity contribution is 0.198. The van der Waals surface area contributed by atoms with Crippen molar-refractivity contribution in [1.82, 2.24) is 10.2 Å². The molecule has 1 N–H and O–H groups in total. The molecule has 1 saturated carbocycles. The van der Waals surface area contributed by atoms with Crippen LogP contribution >= 0.6 is 0 Å². The van der Waals surface area contributed by atoms with Gasteiger partial charge in [-0.15, -0.1) is 0 Å². The van der Waals surface area contributed by atoms with Crippen LogP contribution in [0.15, 0.2) is 11.6 Å². The minimum Gasteiger partial charge on any atom is -0.311 e. The van der Waals surface area contributed by atoms with Gasteiger partial charge in [0.25, 0.3) is 0 Å². The Balaban J connectivity index is 1.65. The average Bonchev–Trinajstić information content (AvgIpc) is 2.39. The highest BCUT2D eigenvalue weighted by Gasteiger charge is 2.22. The van der Waals surface area contributed by atoms with Crippen LogP contribution in [-0.4, -0.2) is 36.6 Å². The number of likely N-dealkylation sites (tertiary alicyclic amines) is 1. The second kappa shape index (κ2) is 7.30. The van der Waals surface area contributed by atoms with Gasteiger partial charge in [-0.05, 0) is 52.6 Å². The van der Waals surface area contributed by atoms with Gasteiger partial charge in [0.2, 0.25) is 0 Å². The van der Waals surface area contributed by atoms with E-state index in [0.29, 0.717) is 0 Å². The van der Waals surface area contributed by atoms with Crippen LogP contribution < -0.4 is 5.32 Å². The number of rotatable bonds is 4. The Morgan fingerprint density at radius 3 is 2.22 bits per heavy atom. The first kappa shape index (κ1) is 14.1. The summed E-state index contributed by atoms with van der Waals surface area (Å²) in [6, 6.07) is 1.61. The summed E-state index contributed by atoms with van der Waals surface area (Å²) >= 11 is 0. The van der Waals surface area contributed by atoms with E-state index in [9.17, 15) is 0 Å². The van der Waals surface area contributed by atoms with Gasteiger partial charge < -0.3 is 5.32 Å². The topological polar surface area (TPSA) is 15.3 Å². The maximum Gasteiger partial charge on any atom is 0.0165 e. The van der Waals surface area contributed by atoms with Crippen molar-refractivity contribution in [3.8, 4) is 0 Å².